The Morgan fingerprint density at radius 3 is 2.52 bits per heavy atom. The summed E-state index contributed by atoms with van der Waals surface area (Å²) < 4.78 is 13.5. The van der Waals surface area contributed by atoms with Crippen LogP contribution in [0.1, 0.15) is 37.2 Å². The van der Waals surface area contributed by atoms with Crippen LogP contribution in [0.15, 0.2) is 18.2 Å². The van der Waals surface area contributed by atoms with Crippen molar-refractivity contribution in [3.05, 3.63) is 41.0 Å². The third-order valence-corrected chi connectivity index (χ3v) is 3.44. The van der Waals surface area contributed by atoms with Crippen LogP contribution in [0.3, 0.4) is 0 Å². The lowest BCUT2D eigenvalue weighted by molar-refractivity contribution is 0.618. The first-order valence-electron chi connectivity index (χ1n) is 7.44. The van der Waals surface area contributed by atoms with Crippen molar-refractivity contribution < 1.29 is 4.39 Å². The smallest absolute Gasteiger partial charge is 0.133 e. The van der Waals surface area contributed by atoms with Crippen LogP contribution in [-0.4, -0.2) is 16.5 Å². The lowest BCUT2D eigenvalue weighted by atomic mass is 10.0. The van der Waals surface area contributed by atoms with Gasteiger partial charge in [-0.25, -0.2) is 14.4 Å². The van der Waals surface area contributed by atoms with Crippen molar-refractivity contribution in [2.45, 2.75) is 40.5 Å². The fourth-order valence-electron chi connectivity index (χ4n) is 2.31. The number of nitrogens with zero attached hydrogens (tertiary/aromatic N) is 2. The van der Waals surface area contributed by atoms with Gasteiger partial charge < -0.3 is 5.32 Å². The van der Waals surface area contributed by atoms with E-state index in [1.165, 1.54) is 6.07 Å². The van der Waals surface area contributed by atoms with Crippen molar-refractivity contribution in [2.24, 2.45) is 0 Å². The molecule has 0 amide bonds. The molecule has 21 heavy (non-hydrogen) atoms. The van der Waals surface area contributed by atoms with Gasteiger partial charge in [-0.15, -0.1) is 0 Å². The Morgan fingerprint density at radius 1 is 1.14 bits per heavy atom. The maximum atomic E-state index is 13.5. The van der Waals surface area contributed by atoms with Crippen LogP contribution in [0.2, 0.25) is 0 Å². The molecular weight excluding hydrogens is 265 g/mol. The molecule has 1 aromatic carbocycles. The van der Waals surface area contributed by atoms with Crippen LogP contribution in [0.25, 0.3) is 11.3 Å². The van der Waals surface area contributed by atoms with Crippen molar-refractivity contribution in [1.82, 2.24) is 9.97 Å². The Balaban J connectivity index is 2.56. The minimum atomic E-state index is -0.189. The molecule has 0 spiro atoms. The highest BCUT2D eigenvalue weighted by Gasteiger charge is 2.13. The number of hydrogen-bond donors (Lipinski definition) is 1. The SMILES string of the molecule is CCCc1nc(NCC)c(C)c(-c2ccc(F)c(C)c2)n1. The molecule has 0 aliphatic carbocycles. The normalized spacial score (nSPS) is 10.7. The van der Waals surface area contributed by atoms with Crippen molar-refractivity contribution in [3.8, 4) is 11.3 Å². The van der Waals surface area contributed by atoms with Crippen molar-refractivity contribution in [1.29, 1.82) is 0 Å². The molecule has 0 saturated heterocycles. The Morgan fingerprint density at radius 2 is 1.90 bits per heavy atom. The van der Waals surface area contributed by atoms with Gasteiger partial charge in [0.25, 0.3) is 0 Å². The molecule has 0 aliphatic heterocycles. The number of hydrogen-bond acceptors (Lipinski definition) is 3. The van der Waals surface area contributed by atoms with Crippen molar-refractivity contribution in [3.63, 3.8) is 0 Å². The Bertz CT molecular complexity index is 638. The monoisotopic (exact) mass is 287 g/mol. The van der Waals surface area contributed by atoms with Crippen molar-refractivity contribution in [2.75, 3.05) is 11.9 Å². The molecule has 112 valence electrons. The summed E-state index contributed by atoms with van der Waals surface area (Å²) in [6, 6.07) is 5.12. The van der Waals surface area contributed by atoms with E-state index < -0.39 is 0 Å². The molecule has 0 radical (unpaired) electrons. The second-order valence-electron chi connectivity index (χ2n) is 5.21. The van der Waals surface area contributed by atoms with E-state index >= 15 is 0 Å². The third kappa shape index (κ3) is 3.38. The lowest BCUT2D eigenvalue weighted by Crippen LogP contribution is -2.08. The van der Waals surface area contributed by atoms with E-state index in [2.05, 4.69) is 22.2 Å². The third-order valence-electron chi connectivity index (χ3n) is 3.44. The molecule has 0 fully saturated rings. The summed E-state index contributed by atoms with van der Waals surface area (Å²) in [6.45, 7) is 8.74. The van der Waals surface area contributed by atoms with Crippen LogP contribution >= 0.6 is 0 Å². The molecule has 1 aromatic heterocycles. The molecule has 1 N–H and O–H groups in total. The van der Waals surface area contributed by atoms with E-state index in [1.54, 1.807) is 13.0 Å². The molecule has 2 aromatic rings. The predicted molar refractivity (Wildman–Crippen MR) is 85.1 cm³/mol. The zero-order valence-corrected chi connectivity index (χ0v) is 13.1. The van der Waals surface area contributed by atoms with Gasteiger partial charge in [-0.2, -0.15) is 0 Å². The highest BCUT2D eigenvalue weighted by Crippen LogP contribution is 2.27. The molecule has 0 atom stereocenters. The Labute approximate surface area is 125 Å². The molecule has 0 unspecified atom stereocenters. The number of rotatable bonds is 5. The van der Waals surface area contributed by atoms with Gasteiger partial charge >= 0.3 is 0 Å². The van der Waals surface area contributed by atoms with Gasteiger partial charge in [-0.1, -0.05) is 6.92 Å². The summed E-state index contributed by atoms with van der Waals surface area (Å²) in [5, 5.41) is 3.29. The quantitative estimate of drug-likeness (QED) is 0.891. The van der Waals surface area contributed by atoms with E-state index in [9.17, 15) is 4.39 Å². The first kappa shape index (κ1) is 15.4. The summed E-state index contributed by atoms with van der Waals surface area (Å²) in [4.78, 5) is 9.25. The largest absolute Gasteiger partial charge is 0.370 e. The number of nitrogens with one attached hydrogen (secondary N) is 1. The predicted octanol–water partition coefficient (Wildman–Crippen LogP) is 4.28. The van der Waals surface area contributed by atoms with Crippen LogP contribution < -0.4 is 5.32 Å². The number of benzene rings is 1. The van der Waals surface area contributed by atoms with Gasteiger partial charge in [0.15, 0.2) is 0 Å². The number of aromatic nitrogens is 2. The van der Waals surface area contributed by atoms with Gasteiger partial charge in [-0.05, 0) is 51.0 Å². The highest BCUT2D eigenvalue weighted by atomic mass is 19.1. The van der Waals surface area contributed by atoms with E-state index in [0.717, 1.165) is 47.8 Å². The van der Waals surface area contributed by atoms with E-state index in [4.69, 9.17) is 0 Å². The van der Waals surface area contributed by atoms with Gasteiger partial charge in [0.2, 0.25) is 0 Å². The molecule has 0 bridgehead atoms. The average molecular weight is 287 g/mol. The minimum absolute atomic E-state index is 0.189. The zero-order chi connectivity index (χ0) is 15.4. The first-order valence-corrected chi connectivity index (χ1v) is 7.44. The molecule has 0 saturated carbocycles. The molecule has 2 rings (SSSR count). The number of aryl methyl sites for hydroxylation is 2. The summed E-state index contributed by atoms with van der Waals surface area (Å²) in [5.74, 6) is 1.51. The van der Waals surface area contributed by atoms with E-state index in [-0.39, 0.29) is 5.82 Å². The second-order valence-corrected chi connectivity index (χ2v) is 5.21. The Hall–Kier alpha value is -1.97. The topological polar surface area (TPSA) is 37.8 Å². The molecule has 1 heterocycles. The Kier molecular flexibility index (Phi) is 4.89. The van der Waals surface area contributed by atoms with Gasteiger partial charge in [0, 0.05) is 24.1 Å². The van der Waals surface area contributed by atoms with Gasteiger partial charge in [0.05, 0.1) is 5.69 Å². The first-order chi connectivity index (χ1) is 10.1. The fraction of sp³-hybridized carbons (Fsp3) is 0.412. The summed E-state index contributed by atoms with van der Waals surface area (Å²) in [6.07, 6.45) is 1.84. The van der Waals surface area contributed by atoms with E-state index in [0.29, 0.717) is 5.56 Å². The highest BCUT2D eigenvalue weighted by molar-refractivity contribution is 5.68. The van der Waals surface area contributed by atoms with Crippen LogP contribution in [0, 0.1) is 19.7 Å². The van der Waals surface area contributed by atoms with Crippen LogP contribution in [0.4, 0.5) is 10.2 Å². The molecule has 3 nitrogen and oxygen atoms in total. The zero-order valence-electron chi connectivity index (χ0n) is 13.1. The van der Waals surface area contributed by atoms with Gasteiger partial charge in [-0.3, -0.25) is 0 Å². The van der Waals surface area contributed by atoms with Crippen LogP contribution in [0.5, 0.6) is 0 Å². The summed E-state index contributed by atoms with van der Waals surface area (Å²) >= 11 is 0. The summed E-state index contributed by atoms with van der Waals surface area (Å²) in [5.41, 5.74) is 3.45. The average Bonchev–Trinajstić information content (AvgIpc) is 2.46. The second kappa shape index (κ2) is 6.66. The number of halogens is 1. The lowest BCUT2D eigenvalue weighted by Gasteiger charge is -2.14. The van der Waals surface area contributed by atoms with Crippen molar-refractivity contribution >= 4 is 5.82 Å². The van der Waals surface area contributed by atoms with Gasteiger partial charge in [0.1, 0.15) is 17.5 Å². The number of anilines is 1. The van der Waals surface area contributed by atoms with Crippen LogP contribution in [-0.2, 0) is 6.42 Å². The maximum Gasteiger partial charge on any atom is 0.133 e. The fourth-order valence-corrected chi connectivity index (χ4v) is 2.31. The molecular formula is C17H22FN3. The standard InChI is InChI=1S/C17H22FN3/c1-5-7-15-20-16(12(4)17(21-15)19-6-2)13-8-9-14(18)11(3)10-13/h8-10H,5-7H2,1-4H3,(H,19,20,21). The molecule has 4 heteroatoms. The minimum Gasteiger partial charge on any atom is -0.370 e. The molecule has 0 aliphatic rings. The summed E-state index contributed by atoms with van der Waals surface area (Å²) in [7, 11) is 0. The maximum absolute atomic E-state index is 13.5. The van der Waals surface area contributed by atoms with E-state index in [1.807, 2.05) is 19.9 Å².